The lowest BCUT2D eigenvalue weighted by atomic mass is 9.90. The molecule has 0 radical (unpaired) electrons. The summed E-state index contributed by atoms with van der Waals surface area (Å²) >= 11 is 6.83. The molecule has 32 heavy (non-hydrogen) atoms. The van der Waals surface area contributed by atoms with Gasteiger partial charge in [0, 0.05) is 10.0 Å². The molecule has 8 heteroatoms. The van der Waals surface area contributed by atoms with E-state index in [4.69, 9.17) is 4.74 Å². The summed E-state index contributed by atoms with van der Waals surface area (Å²) in [5.74, 6) is -0.633. The molecule has 3 aromatic carbocycles. The minimum Gasteiger partial charge on any atom is -0.495 e. The zero-order valence-corrected chi connectivity index (χ0v) is 20.4. The van der Waals surface area contributed by atoms with Gasteiger partial charge in [0.2, 0.25) is 5.91 Å². The van der Waals surface area contributed by atoms with Crippen LogP contribution in [0.4, 0.5) is 0 Å². The van der Waals surface area contributed by atoms with E-state index in [1.165, 1.54) is 6.21 Å². The Morgan fingerprint density at radius 1 is 1.00 bits per heavy atom. The van der Waals surface area contributed by atoms with Crippen molar-refractivity contribution < 1.29 is 14.3 Å². The van der Waals surface area contributed by atoms with Gasteiger partial charge in [0.05, 0.1) is 30.3 Å². The van der Waals surface area contributed by atoms with Gasteiger partial charge >= 0.3 is 0 Å². The van der Waals surface area contributed by atoms with Crippen molar-refractivity contribution in [3.63, 3.8) is 0 Å². The first-order chi connectivity index (χ1) is 15.5. The molecule has 0 saturated heterocycles. The Balaban J connectivity index is 1.64. The molecule has 6 nitrogen and oxygen atoms in total. The van der Waals surface area contributed by atoms with Crippen LogP contribution in [0.3, 0.4) is 0 Å². The zero-order valence-electron chi connectivity index (χ0n) is 17.2. The van der Waals surface area contributed by atoms with Crippen molar-refractivity contribution in [1.29, 1.82) is 0 Å². The molecule has 0 aliphatic heterocycles. The van der Waals surface area contributed by atoms with Crippen LogP contribution >= 0.6 is 31.9 Å². The number of hydrazone groups is 1. The standard InChI is InChI=1S/C24H21Br2N3O3/c1-32-23-18(12-19(25)13-20(23)26)14-28-29-21(30)15-27-24(31)22(16-8-4-2-5-9-16)17-10-6-3-7-11-17/h2-14,22H,15H2,1H3,(H,27,31)(H,29,30). The molecule has 0 heterocycles. The number of amides is 2. The molecule has 0 aromatic heterocycles. The van der Waals surface area contributed by atoms with Gasteiger partial charge < -0.3 is 10.1 Å². The fourth-order valence-corrected chi connectivity index (χ4v) is 4.58. The minimum absolute atomic E-state index is 0.203. The number of hydrogen-bond donors (Lipinski definition) is 2. The quantitative estimate of drug-likeness (QED) is 0.313. The second-order valence-corrected chi connectivity index (χ2v) is 8.55. The minimum atomic E-state index is -0.517. The van der Waals surface area contributed by atoms with Crippen LogP contribution < -0.4 is 15.5 Å². The van der Waals surface area contributed by atoms with Crippen LogP contribution in [-0.2, 0) is 9.59 Å². The Morgan fingerprint density at radius 3 is 2.16 bits per heavy atom. The highest BCUT2D eigenvalue weighted by molar-refractivity contribution is 9.11. The largest absolute Gasteiger partial charge is 0.495 e. The molecule has 164 valence electrons. The third kappa shape index (κ3) is 6.27. The van der Waals surface area contributed by atoms with E-state index < -0.39 is 11.8 Å². The van der Waals surface area contributed by atoms with Crippen molar-refractivity contribution in [3.05, 3.63) is 98.4 Å². The SMILES string of the molecule is COc1c(Br)cc(Br)cc1C=NNC(=O)CNC(=O)C(c1ccccc1)c1ccccc1. The summed E-state index contributed by atoms with van der Waals surface area (Å²) in [6.45, 7) is -0.203. The fraction of sp³-hybridized carbons (Fsp3) is 0.125. The first-order valence-electron chi connectivity index (χ1n) is 9.72. The molecule has 0 atom stereocenters. The third-order valence-electron chi connectivity index (χ3n) is 4.59. The molecule has 2 amide bonds. The lowest BCUT2D eigenvalue weighted by Crippen LogP contribution is -2.37. The van der Waals surface area contributed by atoms with Gasteiger partial charge in [-0.2, -0.15) is 5.10 Å². The van der Waals surface area contributed by atoms with Gasteiger partial charge in [-0.15, -0.1) is 0 Å². The number of nitrogens with zero attached hydrogens (tertiary/aromatic N) is 1. The van der Waals surface area contributed by atoms with Gasteiger partial charge in [-0.25, -0.2) is 5.43 Å². The molecule has 3 rings (SSSR count). The van der Waals surface area contributed by atoms with Gasteiger partial charge in [-0.3, -0.25) is 9.59 Å². The van der Waals surface area contributed by atoms with E-state index in [2.05, 4.69) is 47.7 Å². The molecule has 0 unspecified atom stereocenters. The first-order valence-corrected chi connectivity index (χ1v) is 11.3. The van der Waals surface area contributed by atoms with Gasteiger partial charge in [0.15, 0.2) is 0 Å². The monoisotopic (exact) mass is 557 g/mol. The van der Waals surface area contributed by atoms with E-state index in [-0.39, 0.29) is 12.5 Å². The molecule has 0 spiro atoms. The summed E-state index contributed by atoms with van der Waals surface area (Å²) in [6.07, 6.45) is 1.48. The number of methoxy groups -OCH3 is 1. The van der Waals surface area contributed by atoms with Crippen LogP contribution in [-0.4, -0.2) is 31.7 Å². The highest BCUT2D eigenvalue weighted by Crippen LogP contribution is 2.31. The Morgan fingerprint density at radius 2 is 1.59 bits per heavy atom. The molecular weight excluding hydrogens is 538 g/mol. The number of nitrogens with one attached hydrogen (secondary N) is 2. The molecule has 0 saturated carbocycles. The van der Waals surface area contributed by atoms with E-state index in [9.17, 15) is 9.59 Å². The summed E-state index contributed by atoms with van der Waals surface area (Å²) in [5.41, 5.74) is 4.80. The molecule has 2 N–H and O–H groups in total. The third-order valence-corrected chi connectivity index (χ3v) is 5.63. The van der Waals surface area contributed by atoms with Gasteiger partial charge in [-0.05, 0) is 39.2 Å². The molecule has 0 bridgehead atoms. The molecule has 0 fully saturated rings. The van der Waals surface area contributed by atoms with Crippen LogP contribution in [0.15, 0.2) is 86.8 Å². The molecule has 0 aliphatic carbocycles. The summed E-state index contributed by atoms with van der Waals surface area (Å²) in [6, 6.07) is 22.6. The van der Waals surface area contributed by atoms with Crippen molar-refractivity contribution in [1.82, 2.24) is 10.7 Å². The Kier molecular flexibility index (Phi) is 8.58. The molecular formula is C24H21Br2N3O3. The lowest BCUT2D eigenvalue weighted by Gasteiger charge is -2.17. The Hall–Kier alpha value is -2.97. The summed E-state index contributed by atoms with van der Waals surface area (Å²) in [5, 5.41) is 6.68. The fourth-order valence-electron chi connectivity index (χ4n) is 3.16. The number of benzene rings is 3. The van der Waals surface area contributed by atoms with Gasteiger partial charge in [0.1, 0.15) is 5.75 Å². The Bertz CT molecular complexity index is 1070. The maximum absolute atomic E-state index is 12.9. The van der Waals surface area contributed by atoms with E-state index in [0.29, 0.717) is 11.3 Å². The second kappa shape index (κ2) is 11.6. The summed E-state index contributed by atoms with van der Waals surface area (Å²) < 4.78 is 6.93. The van der Waals surface area contributed by atoms with Gasteiger partial charge in [0.25, 0.3) is 5.91 Å². The maximum atomic E-state index is 12.9. The predicted octanol–water partition coefficient (Wildman–Crippen LogP) is 4.62. The zero-order chi connectivity index (χ0) is 22.9. The number of carbonyl (C=O) groups excluding carboxylic acids is 2. The van der Waals surface area contributed by atoms with Crippen molar-refractivity contribution in [2.75, 3.05) is 13.7 Å². The van der Waals surface area contributed by atoms with E-state index >= 15 is 0 Å². The first kappa shape index (κ1) is 23.7. The van der Waals surface area contributed by atoms with E-state index in [0.717, 1.165) is 20.1 Å². The highest BCUT2D eigenvalue weighted by atomic mass is 79.9. The average molecular weight is 559 g/mol. The summed E-state index contributed by atoms with van der Waals surface area (Å²) in [4.78, 5) is 25.2. The average Bonchev–Trinajstić information content (AvgIpc) is 2.79. The van der Waals surface area contributed by atoms with Crippen LogP contribution in [0.2, 0.25) is 0 Å². The van der Waals surface area contributed by atoms with Gasteiger partial charge in [-0.1, -0.05) is 76.6 Å². The van der Waals surface area contributed by atoms with Crippen molar-refractivity contribution in [3.8, 4) is 5.75 Å². The smallest absolute Gasteiger partial charge is 0.259 e. The topological polar surface area (TPSA) is 79.8 Å². The van der Waals surface area contributed by atoms with Crippen LogP contribution in [0.5, 0.6) is 5.75 Å². The molecule has 0 aliphatic rings. The number of rotatable bonds is 8. The number of carbonyl (C=O) groups is 2. The molecule has 3 aromatic rings. The van der Waals surface area contributed by atoms with E-state index in [1.807, 2.05) is 72.8 Å². The van der Waals surface area contributed by atoms with Crippen molar-refractivity contribution in [2.45, 2.75) is 5.92 Å². The normalized spacial score (nSPS) is 10.9. The van der Waals surface area contributed by atoms with Crippen LogP contribution in [0.1, 0.15) is 22.6 Å². The Labute approximate surface area is 203 Å². The number of halogens is 2. The van der Waals surface area contributed by atoms with Crippen LogP contribution in [0.25, 0.3) is 0 Å². The van der Waals surface area contributed by atoms with E-state index in [1.54, 1.807) is 7.11 Å². The van der Waals surface area contributed by atoms with Crippen molar-refractivity contribution in [2.24, 2.45) is 5.10 Å². The lowest BCUT2D eigenvalue weighted by molar-refractivity contribution is -0.126. The number of ether oxygens (including phenoxy) is 1. The van der Waals surface area contributed by atoms with Crippen LogP contribution in [0, 0.1) is 0 Å². The number of hydrogen-bond acceptors (Lipinski definition) is 4. The van der Waals surface area contributed by atoms with Crippen molar-refractivity contribution >= 4 is 49.9 Å². The maximum Gasteiger partial charge on any atom is 0.259 e. The second-order valence-electron chi connectivity index (χ2n) is 6.78. The highest BCUT2D eigenvalue weighted by Gasteiger charge is 2.22. The predicted molar refractivity (Wildman–Crippen MR) is 132 cm³/mol. The summed E-state index contributed by atoms with van der Waals surface area (Å²) in [7, 11) is 1.55.